The molecule has 1 N–H and O–H groups in total. The third-order valence-corrected chi connectivity index (χ3v) is 3.48. The van der Waals surface area contributed by atoms with Crippen molar-refractivity contribution in [3.8, 4) is 17.2 Å². The van der Waals surface area contributed by atoms with Crippen LogP contribution < -0.4 is 10.1 Å². The zero-order valence-electron chi connectivity index (χ0n) is 14.2. The number of nitrogens with zero attached hydrogens (tertiary/aromatic N) is 3. The van der Waals surface area contributed by atoms with Gasteiger partial charge in [-0.1, -0.05) is 11.2 Å². The maximum Gasteiger partial charge on any atom is 0.273 e. The average molecular weight is 354 g/mol. The van der Waals surface area contributed by atoms with E-state index in [-0.39, 0.29) is 11.6 Å². The van der Waals surface area contributed by atoms with E-state index in [9.17, 15) is 4.79 Å². The van der Waals surface area contributed by atoms with E-state index in [4.69, 9.17) is 14.0 Å². The maximum atomic E-state index is 12.2. The number of aromatic nitrogens is 3. The van der Waals surface area contributed by atoms with Gasteiger partial charge in [-0.2, -0.15) is 0 Å². The summed E-state index contributed by atoms with van der Waals surface area (Å²) in [6, 6.07) is 8.77. The van der Waals surface area contributed by atoms with Crippen LogP contribution in [0.1, 0.15) is 16.1 Å². The predicted octanol–water partition coefficient (Wildman–Crippen LogP) is 2.09. The molecule has 0 unspecified atom stereocenters. The molecule has 0 fully saturated rings. The molecular weight excluding hydrogens is 336 g/mol. The van der Waals surface area contributed by atoms with Crippen LogP contribution in [0.25, 0.3) is 11.3 Å². The van der Waals surface area contributed by atoms with Crippen molar-refractivity contribution < 1.29 is 18.8 Å². The minimum absolute atomic E-state index is 0.205. The van der Waals surface area contributed by atoms with Crippen LogP contribution in [0.4, 0.5) is 0 Å². The lowest BCUT2D eigenvalue weighted by atomic mass is 10.2. The van der Waals surface area contributed by atoms with Crippen molar-refractivity contribution in [2.45, 2.75) is 6.54 Å². The summed E-state index contributed by atoms with van der Waals surface area (Å²) in [5, 5.41) is 6.57. The number of rotatable bonds is 8. The summed E-state index contributed by atoms with van der Waals surface area (Å²) in [6.45, 7) is 1.25. The number of ether oxygens (including phenoxy) is 2. The summed E-state index contributed by atoms with van der Waals surface area (Å²) in [5.74, 6) is 0.668. The fourth-order valence-electron chi connectivity index (χ4n) is 2.13. The van der Waals surface area contributed by atoms with Crippen LogP contribution in [0.15, 0.2) is 53.4 Å². The highest BCUT2D eigenvalue weighted by molar-refractivity contribution is 5.93. The number of methoxy groups -OCH3 is 1. The molecule has 3 aromatic heterocycles. The Bertz CT molecular complexity index is 834. The number of nitrogens with one attached hydrogen (secondary N) is 1. The highest BCUT2D eigenvalue weighted by Crippen LogP contribution is 2.18. The second kappa shape index (κ2) is 8.72. The molecule has 0 aliphatic carbocycles. The Morgan fingerprint density at radius 1 is 1.23 bits per heavy atom. The molecule has 0 spiro atoms. The summed E-state index contributed by atoms with van der Waals surface area (Å²) in [5.41, 5.74) is 1.80. The molecule has 0 atom stereocenters. The standard InChI is InChI=1S/C18H18N4O4/c1-24-7-8-25-17-5-4-13(10-20-17)11-21-18(23)15-9-16(26-22-15)14-3-2-6-19-12-14/h2-6,9-10,12H,7-8,11H2,1H3,(H,21,23). The fraction of sp³-hybridized carbons (Fsp3) is 0.222. The van der Waals surface area contributed by atoms with Crippen molar-refractivity contribution >= 4 is 5.91 Å². The van der Waals surface area contributed by atoms with Gasteiger partial charge in [-0.15, -0.1) is 0 Å². The smallest absolute Gasteiger partial charge is 0.273 e. The molecule has 3 aromatic rings. The molecule has 8 heteroatoms. The number of carbonyl (C=O) groups excluding carboxylic acids is 1. The number of pyridine rings is 2. The van der Waals surface area contributed by atoms with E-state index in [0.717, 1.165) is 11.1 Å². The first-order valence-corrected chi connectivity index (χ1v) is 7.98. The Morgan fingerprint density at radius 2 is 2.15 bits per heavy atom. The van der Waals surface area contributed by atoms with Gasteiger partial charge in [0.1, 0.15) is 6.61 Å². The monoisotopic (exact) mass is 354 g/mol. The van der Waals surface area contributed by atoms with Crippen LogP contribution in [0.5, 0.6) is 5.88 Å². The molecule has 0 saturated carbocycles. The van der Waals surface area contributed by atoms with Crippen LogP contribution in [-0.4, -0.2) is 41.4 Å². The molecule has 3 rings (SSSR count). The van der Waals surface area contributed by atoms with E-state index in [1.807, 2.05) is 12.1 Å². The van der Waals surface area contributed by atoms with Crippen LogP contribution in [-0.2, 0) is 11.3 Å². The molecule has 3 heterocycles. The van der Waals surface area contributed by atoms with E-state index in [1.165, 1.54) is 0 Å². The van der Waals surface area contributed by atoms with Gasteiger partial charge >= 0.3 is 0 Å². The van der Waals surface area contributed by atoms with Gasteiger partial charge < -0.3 is 19.3 Å². The third-order valence-electron chi connectivity index (χ3n) is 3.48. The molecule has 0 radical (unpaired) electrons. The van der Waals surface area contributed by atoms with Crippen molar-refractivity contribution in [2.24, 2.45) is 0 Å². The van der Waals surface area contributed by atoms with Crippen molar-refractivity contribution in [3.63, 3.8) is 0 Å². The van der Waals surface area contributed by atoms with Crippen molar-refractivity contribution in [3.05, 3.63) is 60.2 Å². The SMILES string of the molecule is COCCOc1ccc(CNC(=O)c2cc(-c3cccnc3)on2)cn1. The molecule has 134 valence electrons. The predicted molar refractivity (Wildman–Crippen MR) is 92.5 cm³/mol. The molecule has 0 bridgehead atoms. The first-order chi connectivity index (χ1) is 12.8. The van der Waals surface area contributed by atoms with E-state index in [0.29, 0.717) is 31.4 Å². The van der Waals surface area contributed by atoms with Gasteiger partial charge in [-0.25, -0.2) is 4.98 Å². The van der Waals surface area contributed by atoms with Gasteiger partial charge in [0, 0.05) is 49.9 Å². The summed E-state index contributed by atoms with van der Waals surface area (Å²) >= 11 is 0. The number of carbonyl (C=O) groups is 1. The lowest BCUT2D eigenvalue weighted by Gasteiger charge is -2.06. The van der Waals surface area contributed by atoms with E-state index >= 15 is 0 Å². The van der Waals surface area contributed by atoms with Gasteiger partial charge in [0.25, 0.3) is 5.91 Å². The second-order valence-electron chi connectivity index (χ2n) is 5.35. The Hall–Kier alpha value is -3.26. The lowest BCUT2D eigenvalue weighted by molar-refractivity contribution is 0.0942. The van der Waals surface area contributed by atoms with Gasteiger partial charge in [0.05, 0.1) is 6.61 Å². The highest BCUT2D eigenvalue weighted by atomic mass is 16.5. The Labute approximate surface area is 150 Å². The quantitative estimate of drug-likeness (QED) is 0.618. The molecule has 26 heavy (non-hydrogen) atoms. The Morgan fingerprint density at radius 3 is 2.88 bits per heavy atom. The normalized spacial score (nSPS) is 10.5. The summed E-state index contributed by atoms with van der Waals surface area (Å²) < 4.78 is 15.5. The largest absolute Gasteiger partial charge is 0.475 e. The molecule has 0 saturated heterocycles. The minimum atomic E-state index is -0.329. The van der Waals surface area contributed by atoms with Gasteiger partial charge in [-0.3, -0.25) is 9.78 Å². The van der Waals surface area contributed by atoms with Gasteiger partial charge in [-0.05, 0) is 17.7 Å². The van der Waals surface area contributed by atoms with E-state index < -0.39 is 0 Å². The van der Waals surface area contributed by atoms with Crippen LogP contribution in [0, 0.1) is 0 Å². The molecule has 8 nitrogen and oxygen atoms in total. The van der Waals surface area contributed by atoms with Crippen molar-refractivity contribution in [1.29, 1.82) is 0 Å². The highest BCUT2D eigenvalue weighted by Gasteiger charge is 2.13. The van der Waals surface area contributed by atoms with E-state index in [1.54, 1.807) is 43.9 Å². The fourth-order valence-corrected chi connectivity index (χ4v) is 2.13. The average Bonchev–Trinajstić information content (AvgIpc) is 3.18. The van der Waals surface area contributed by atoms with E-state index in [2.05, 4.69) is 20.4 Å². The third kappa shape index (κ3) is 4.64. The Balaban J connectivity index is 1.53. The Kier molecular flexibility index (Phi) is 5.89. The summed E-state index contributed by atoms with van der Waals surface area (Å²) in [4.78, 5) is 20.4. The molecule has 0 aliphatic rings. The number of amides is 1. The number of hydrogen-bond acceptors (Lipinski definition) is 7. The van der Waals surface area contributed by atoms with Gasteiger partial charge in [0.15, 0.2) is 11.5 Å². The van der Waals surface area contributed by atoms with Crippen LogP contribution in [0.2, 0.25) is 0 Å². The molecule has 0 aromatic carbocycles. The van der Waals surface area contributed by atoms with Crippen molar-refractivity contribution in [2.75, 3.05) is 20.3 Å². The van der Waals surface area contributed by atoms with Crippen molar-refractivity contribution in [1.82, 2.24) is 20.4 Å². The first kappa shape index (κ1) is 17.6. The molecule has 0 aliphatic heterocycles. The first-order valence-electron chi connectivity index (χ1n) is 7.98. The zero-order valence-corrected chi connectivity index (χ0v) is 14.2. The molecular formula is C18H18N4O4. The topological polar surface area (TPSA) is 99.4 Å². The maximum absolute atomic E-state index is 12.2. The number of hydrogen-bond donors (Lipinski definition) is 1. The molecule has 1 amide bonds. The van der Waals surface area contributed by atoms with Gasteiger partial charge in [0.2, 0.25) is 5.88 Å². The van der Waals surface area contributed by atoms with Crippen LogP contribution >= 0.6 is 0 Å². The summed E-state index contributed by atoms with van der Waals surface area (Å²) in [7, 11) is 1.61. The second-order valence-corrected chi connectivity index (χ2v) is 5.35. The zero-order chi connectivity index (χ0) is 18.2. The lowest BCUT2D eigenvalue weighted by Crippen LogP contribution is -2.23. The summed E-state index contributed by atoms with van der Waals surface area (Å²) in [6.07, 6.45) is 4.95. The minimum Gasteiger partial charge on any atom is -0.475 e. The van der Waals surface area contributed by atoms with Crippen LogP contribution in [0.3, 0.4) is 0 Å².